The van der Waals surface area contributed by atoms with Gasteiger partial charge in [-0.25, -0.2) is 0 Å². The van der Waals surface area contributed by atoms with Gasteiger partial charge in [0.15, 0.2) is 11.3 Å². The highest BCUT2D eigenvalue weighted by molar-refractivity contribution is 5.97. The molecule has 1 rings (SSSR count). The zero-order chi connectivity index (χ0) is 10.0. The molecule has 1 aromatic heterocycles. The van der Waals surface area contributed by atoms with E-state index in [1.54, 1.807) is 13.8 Å². The van der Waals surface area contributed by atoms with E-state index in [-0.39, 0.29) is 16.8 Å². The van der Waals surface area contributed by atoms with Gasteiger partial charge >= 0.3 is 0 Å². The van der Waals surface area contributed by atoms with Gasteiger partial charge in [0.05, 0.1) is 5.56 Å². The van der Waals surface area contributed by atoms with Crippen LogP contribution < -0.4 is 11.2 Å². The SMILES string of the molecule is Cc1cc(=O)c(/C(N)=N/O)c(C)[nH]1. The van der Waals surface area contributed by atoms with Crippen molar-refractivity contribution in [3.05, 3.63) is 33.2 Å². The van der Waals surface area contributed by atoms with Crippen molar-refractivity contribution in [3.8, 4) is 0 Å². The van der Waals surface area contributed by atoms with Crippen molar-refractivity contribution in [1.82, 2.24) is 4.98 Å². The summed E-state index contributed by atoms with van der Waals surface area (Å²) >= 11 is 0. The van der Waals surface area contributed by atoms with Gasteiger partial charge in [0.2, 0.25) is 0 Å². The third-order valence-corrected chi connectivity index (χ3v) is 1.72. The Morgan fingerprint density at radius 1 is 1.62 bits per heavy atom. The zero-order valence-corrected chi connectivity index (χ0v) is 7.46. The highest BCUT2D eigenvalue weighted by Crippen LogP contribution is 1.99. The molecular weight excluding hydrogens is 170 g/mol. The minimum atomic E-state index is -0.246. The van der Waals surface area contributed by atoms with E-state index in [0.29, 0.717) is 5.69 Å². The van der Waals surface area contributed by atoms with Crippen LogP contribution in [0.25, 0.3) is 0 Å². The van der Waals surface area contributed by atoms with Crippen molar-refractivity contribution in [1.29, 1.82) is 0 Å². The molecule has 70 valence electrons. The van der Waals surface area contributed by atoms with E-state index < -0.39 is 0 Å². The second kappa shape index (κ2) is 3.30. The van der Waals surface area contributed by atoms with E-state index in [1.807, 2.05) is 0 Å². The van der Waals surface area contributed by atoms with E-state index >= 15 is 0 Å². The third kappa shape index (κ3) is 1.69. The summed E-state index contributed by atoms with van der Waals surface area (Å²) in [6.07, 6.45) is 0. The average Bonchev–Trinajstić information content (AvgIpc) is 2.02. The third-order valence-electron chi connectivity index (χ3n) is 1.72. The number of aromatic nitrogens is 1. The molecule has 0 amide bonds. The average molecular weight is 181 g/mol. The first kappa shape index (κ1) is 9.31. The molecule has 0 atom stereocenters. The van der Waals surface area contributed by atoms with E-state index in [1.165, 1.54) is 6.07 Å². The van der Waals surface area contributed by atoms with Crippen LogP contribution in [0, 0.1) is 13.8 Å². The molecule has 0 aliphatic rings. The van der Waals surface area contributed by atoms with Crippen molar-refractivity contribution in [3.63, 3.8) is 0 Å². The lowest BCUT2D eigenvalue weighted by Gasteiger charge is -2.03. The van der Waals surface area contributed by atoms with Crippen molar-refractivity contribution >= 4 is 5.84 Å². The summed E-state index contributed by atoms with van der Waals surface area (Å²) < 4.78 is 0. The first-order chi connectivity index (χ1) is 6.06. The molecule has 0 aliphatic carbocycles. The van der Waals surface area contributed by atoms with E-state index in [2.05, 4.69) is 10.1 Å². The van der Waals surface area contributed by atoms with Gasteiger partial charge in [-0.05, 0) is 13.8 Å². The van der Waals surface area contributed by atoms with Crippen LogP contribution in [-0.4, -0.2) is 16.0 Å². The van der Waals surface area contributed by atoms with Gasteiger partial charge in [-0.3, -0.25) is 4.79 Å². The van der Waals surface area contributed by atoms with E-state index in [4.69, 9.17) is 10.9 Å². The highest BCUT2D eigenvalue weighted by atomic mass is 16.4. The summed E-state index contributed by atoms with van der Waals surface area (Å²) in [5.41, 5.74) is 6.64. The number of nitrogens with two attached hydrogens (primary N) is 1. The number of amidine groups is 1. The van der Waals surface area contributed by atoms with Crippen molar-refractivity contribution in [2.45, 2.75) is 13.8 Å². The molecule has 4 N–H and O–H groups in total. The van der Waals surface area contributed by atoms with Crippen LogP contribution in [0.2, 0.25) is 0 Å². The summed E-state index contributed by atoms with van der Waals surface area (Å²) in [6.45, 7) is 3.46. The Morgan fingerprint density at radius 2 is 2.23 bits per heavy atom. The number of nitrogens with zero attached hydrogens (tertiary/aromatic N) is 1. The molecule has 1 aromatic rings. The number of aromatic amines is 1. The maximum absolute atomic E-state index is 11.4. The van der Waals surface area contributed by atoms with Crippen LogP contribution in [0.4, 0.5) is 0 Å². The standard InChI is InChI=1S/C8H11N3O2/c1-4-3-6(12)7(5(2)10-4)8(9)11-13/h3,13H,1-2H3,(H2,9,11)(H,10,12). The Kier molecular flexibility index (Phi) is 2.36. The molecule has 0 spiro atoms. The van der Waals surface area contributed by atoms with Crippen LogP contribution in [0.15, 0.2) is 16.0 Å². The van der Waals surface area contributed by atoms with Crippen molar-refractivity contribution in [2.75, 3.05) is 0 Å². The Morgan fingerprint density at radius 3 is 2.69 bits per heavy atom. The fraction of sp³-hybridized carbons (Fsp3) is 0.250. The molecule has 0 aliphatic heterocycles. The summed E-state index contributed by atoms with van der Waals surface area (Å²) in [5.74, 6) is -0.168. The predicted molar refractivity (Wildman–Crippen MR) is 49.0 cm³/mol. The van der Waals surface area contributed by atoms with E-state index in [9.17, 15) is 4.79 Å². The molecule has 0 unspecified atom stereocenters. The van der Waals surface area contributed by atoms with Gasteiger partial charge in [0, 0.05) is 17.5 Å². The number of rotatable bonds is 1. The first-order valence-corrected chi connectivity index (χ1v) is 3.74. The Bertz CT molecular complexity index is 406. The minimum absolute atomic E-state index is 0.168. The Hall–Kier alpha value is -1.78. The zero-order valence-electron chi connectivity index (χ0n) is 7.46. The van der Waals surface area contributed by atoms with Crippen LogP contribution in [0.5, 0.6) is 0 Å². The fourth-order valence-corrected chi connectivity index (χ4v) is 1.22. The van der Waals surface area contributed by atoms with Gasteiger partial charge in [-0.15, -0.1) is 0 Å². The predicted octanol–water partition coefficient (Wildman–Crippen LogP) is 0.0862. The topological polar surface area (TPSA) is 91.5 Å². The lowest BCUT2D eigenvalue weighted by Crippen LogP contribution is -2.25. The fourth-order valence-electron chi connectivity index (χ4n) is 1.22. The molecular formula is C8H11N3O2. The Balaban J connectivity index is 3.47. The van der Waals surface area contributed by atoms with Crippen molar-refractivity contribution in [2.24, 2.45) is 10.9 Å². The summed E-state index contributed by atoms with van der Waals surface area (Å²) in [5, 5.41) is 11.2. The molecule has 0 aromatic carbocycles. The number of pyridine rings is 1. The number of H-pyrrole nitrogens is 1. The van der Waals surface area contributed by atoms with Gasteiger partial charge < -0.3 is 15.9 Å². The maximum atomic E-state index is 11.4. The smallest absolute Gasteiger partial charge is 0.193 e. The lowest BCUT2D eigenvalue weighted by atomic mass is 10.1. The van der Waals surface area contributed by atoms with Crippen LogP contribution >= 0.6 is 0 Å². The largest absolute Gasteiger partial charge is 0.409 e. The Labute approximate surface area is 74.9 Å². The van der Waals surface area contributed by atoms with Gasteiger partial charge in [0.25, 0.3) is 0 Å². The molecule has 0 bridgehead atoms. The van der Waals surface area contributed by atoms with Gasteiger partial charge in [-0.2, -0.15) is 0 Å². The molecule has 0 fully saturated rings. The second-order valence-electron chi connectivity index (χ2n) is 2.80. The molecule has 5 nitrogen and oxygen atoms in total. The molecule has 0 saturated heterocycles. The second-order valence-corrected chi connectivity index (χ2v) is 2.80. The van der Waals surface area contributed by atoms with Crippen molar-refractivity contribution < 1.29 is 5.21 Å². The summed E-state index contributed by atoms with van der Waals surface area (Å²) in [7, 11) is 0. The molecule has 0 saturated carbocycles. The molecule has 5 heteroatoms. The van der Waals surface area contributed by atoms with Crippen LogP contribution in [-0.2, 0) is 0 Å². The van der Waals surface area contributed by atoms with E-state index in [0.717, 1.165) is 5.69 Å². The normalized spacial score (nSPS) is 11.7. The number of nitrogens with one attached hydrogen (secondary N) is 1. The monoisotopic (exact) mass is 181 g/mol. The number of oxime groups is 1. The molecule has 1 heterocycles. The minimum Gasteiger partial charge on any atom is -0.409 e. The number of hydrogen-bond acceptors (Lipinski definition) is 3. The molecule has 13 heavy (non-hydrogen) atoms. The van der Waals surface area contributed by atoms with Gasteiger partial charge in [0.1, 0.15) is 0 Å². The summed E-state index contributed by atoms with van der Waals surface area (Å²) in [6, 6.07) is 1.40. The maximum Gasteiger partial charge on any atom is 0.193 e. The first-order valence-electron chi connectivity index (χ1n) is 3.74. The summed E-state index contributed by atoms with van der Waals surface area (Å²) in [4.78, 5) is 14.3. The van der Waals surface area contributed by atoms with Crippen LogP contribution in [0.3, 0.4) is 0 Å². The van der Waals surface area contributed by atoms with Gasteiger partial charge in [-0.1, -0.05) is 5.16 Å². The number of aryl methyl sites for hydroxylation is 2. The lowest BCUT2D eigenvalue weighted by molar-refractivity contribution is 0.318. The quantitative estimate of drug-likeness (QED) is 0.248. The highest BCUT2D eigenvalue weighted by Gasteiger charge is 2.08. The number of hydrogen-bond donors (Lipinski definition) is 3. The molecule has 0 radical (unpaired) electrons. The van der Waals surface area contributed by atoms with Crippen LogP contribution in [0.1, 0.15) is 17.0 Å².